The van der Waals surface area contributed by atoms with Gasteiger partial charge in [0.05, 0.1) is 6.61 Å². The van der Waals surface area contributed by atoms with Gasteiger partial charge >= 0.3 is 5.97 Å². The number of hydrogen-bond donors (Lipinski definition) is 2. The summed E-state index contributed by atoms with van der Waals surface area (Å²) in [6, 6.07) is 3.53. The molecule has 0 aliphatic carbocycles. The van der Waals surface area contributed by atoms with Crippen molar-refractivity contribution in [2.75, 3.05) is 13.7 Å². The first kappa shape index (κ1) is 14.5. The zero-order valence-corrected chi connectivity index (χ0v) is 11.4. The summed E-state index contributed by atoms with van der Waals surface area (Å²) in [6.07, 6.45) is 0.443. The van der Waals surface area contributed by atoms with E-state index in [0.29, 0.717) is 13.0 Å². The second-order valence-corrected chi connectivity index (χ2v) is 4.52. The predicted molar refractivity (Wildman–Crippen MR) is 71.2 cm³/mol. The van der Waals surface area contributed by atoms with E-state index in [1.807, 2.05) is 26.8 Å². The number of aryl methyl sites for hydroxylation is 2. The van der Waals surface area contributed by atoms with Crippen LogP contribution in [0.1, 0.15) is 23.1 Å². The lowest BCUT2D eigenvalue weighted by Crippen LogP contribution is -2.35. The lowest BCUT2D eigenvalue weighted by molar-refractivity contribution is -0.139. The fourth-order valence-corrected chi connectivity index (χ4v) is 1.83. The zero-order chi connectivity index (χ0) is 13.7. The SMILES string of the molecule is CNC(CCOc1cc(C)cc(C)c1C)C(=O)O. The monoisotopic (exact) mass is 251 g/mol. The Kier molecular flexibility index (Phi) is 5.16. The molecule has 0 saturated carbocycles. The van der Waals surface area contributed by atoms with Crippen LogP contribution >= 0.6 is 0 Å². The largest absolute Gasteiger partial charge is 0.493 e. The molecule has 0 aromatic heterocycles. The highest BCUT2D eigenvalue weighted by atomic mass is 16.5. The summed E-state index contributed by atoms with van der Waals surface area (Å²) in [7, 11) is 1.64. The maximum atomic E-state index is 10.8. The third-order valence-corrected chi connectivity index (χ3v) is 3.07. The summed E-state index contributed by atoms with van der Waals surface area (Å²) >= 11 is 0. The van der Waals surface area contributed by atoms with Crippen LogP contribution in [0.3, 0.4) is 0 Å². The molecular weight excluding hydrogens is 230 g/mol. The van der Waals surface area contributed by atoms with Gasteiger partial charge in [-0.1, -0.05) is 6.07 Å². The number of benzene rings is 1. The Labute approximate surface area is 108 Å². The van der Waals surface area contributed by atoms with Crippen LogP contribution in [0, 0.1) is 20.8 Å². The van der Waals surface area contributed by atoms with Gasteiger partial charge in [-0.3, -0.25) is 4.79 Å². The van der Waals surface area contributed by atoms with Crippen LogP contribution in [0.2, 0.25) is 0 Å². The maximum Gasteiger partial charge on any atom is 0.320 e. The van der Waals surface area contributed by atoms with Gasteiger partial charge in [0.2, 0.25) is 0 Å². The van der Waals surface area contributed by atoms with Gasteiger partial charge in [-0.05, 0) is 50.6 Å². The van der Waals surface area contributed by atoms with E-state index < -0.39 is 12.0 Å². The molecule has 100 valence electrons. The van der Waals surface area contributed by atoms with Gasteiger partial charge in [-0.2, -0.15) is 0 Å². The normalized spacial score (nSPS) is 12.2. The second kappa shape index (κ2) is 6.40. The Morgan fingerprint density at radius 1 is 1.39 bits per heavy atom. The quantitative estimate of drug-likeness (QED) is 0.812. The van der Waals surface area contributed by atoms with E-state index >= 15 is 0 Å². The van der Waals surface area contributed by atoms with E-state index in [2.05, 4.69) is 11.4 Å². The lowest BCUT2D eigenvalue weighted by atomic mass is 10.1. The molecule has 0 radical (unpaired) electrons. The van der Waals surface area contributed by atoms with Crippen molar-refractivity contribution < 1.29 is 14.6 Å². The molecule has 4 nitrogen and oxygen atoms in total. The fourth-order valence-electron chi connectivity index (χ4n) is 1.83. The fraction of sp³-hybridized carbons (Fsp3) is 0.500. The molecule has 0 amide bonds. The topological polar surface area (TPSA) is 58.6 Å². The molecule has 0 heterocycles. The number of rotatable bonds is 6. The van der Waals surface area contributed by atoms with Gasteiger partial charge < -0.3 is 15.2 Å². The van der Waals surface area contributed by atoms with Crippen LogP contribution in [-0.2, 0) is 4.79 Å². The number of carbonyl (C=O) groups is 1. The molecule has 2 N–H and O–H groups in total. The van der Waals surface area contributed by atoms with Crippen molar-refractivity contribution in [1.29, 1.82) is 0 Å². The average Bonchev–Trinajstić information content (AvgIpc) is 2.30. The molecule has 1 aromatic rings. The highest BCUT2D eigenvalue weighted by Gasteiger charge is 2.14. The Balaban J connectivity index is 2.61. The maximum absolute atomic E-state index is 10.8. The van der Waals surface area contributed by atoms with Crippen molar-refractivity contribution in [1.82, 2.24) is 5.32 Å². The summed E-state index contributed by atoms with van der Waals surface area (Å²) in [6.45, 7) is 6.47. The van der Waals surface area contributed by atoms with Crippen LogP contribution < -0.4 is 10.1 Å². The van der Waals surface area contributed by atoms with Crippen molar-refractivity contribution in [2.45, 2.75) is 33.2 Å². The smallest absolute Gasteiger partial charge is 0.320 e. The molecule has 0 saturated heterocycles. The van der Waals surface area contributed by atoms with Crippen molar-refractivity contribution in [3.8, 4) is 5.75 Å². The second-order valence-electron chi connectivity index (χ2n) is 4.52. The summed E-state index contributed by atoms with van der Waals surface area (Å²) in [5.74, 6) is -0.00835. The summed E-state index contributed by atoms with van der Waals surface area (Å²) in [4.78, 5) is 10.8. The zero-order valence-electron chi connectivity index (χ0n) is 11.4. The molecule has 4 heteroatoms. The minimum absolute atomic E-state index is 0.390. The molecule has 1 rings (SSSR count). The summed E-state index contributed by atoms with van der Waals surface area (Å²) < 4.78 is 5.68. The average molecular weight is 251 g/mol. The molecule has 0 fully saturated rings. The number of carboxylic acid groups (broad SMARTS) is 1. The number of carboxylic acids is 1. The van der Waals surface area contributed by atoms with Crippen molar-refractivity contribution in [2.24, 2.45) is 0 Å². The first-order chi connectivity index (χ1) is 8.45. The van der Waals surface area contributed by atoms with Crippen molar-refractivity contribution in [3.05, 3.63) is 28.8 Å². The standard InChI is InChI=1S/C14H21NO3/c1-9-7-10(2)11(3)13(8-9)18-6-5-12(15-4)14(16)17/h7-8,12,15H,5-6H2,1-4H3,(H,16,17). The number of aliphatic carboxylic acids is 1. The summed E-state index contributed by atoms with van der Waals surface area (Å²) in [5.41, 5.74) is 3.45. The Morgan fingerprint density at radius 2 is 2.06 bits per heavy atom. The third kappa shape index (κ3) is 3.74. The van der Waals surface area contributed by atoms with E-state index in [1.54, 1.807) is 7.05 Å². The van der Waals surface area contributed by atoms with Gasteiger partial charge in [0.1, 0.15) is 11.8 Å². The van der Waals surface area contributed by atoms with E-state index in [9.17, 15) is 4.79 Å². The number of ether oxygens (including phenoxy) is 1. The van der Waals surface area contributed by atoms with Gasteiger partial charge in [0.15, 0.2) is 0 Å². The van der Waals surface area contributed by atoms with Crippen LogP contribution in [0.25, 0.3) is 0 Å². The van der Waals surface area contributed by atoms with Crippen LogP contribution in [0.5, 0.6) is 5.75 Å². The molecule has 1 atom stereocenters. The molecule has 0 aliphatic rings. The minimum atomic E-state index is -0.849. The van der Waals surface area contributed by atoms with Gasteiger partial charge in [0.25, 0.3) is 0 Å². The molecule has 0 aliphatic heterocycles. The van der Waals surface area contributed by atoms with Gasteiger partial charge in [-0.15, -0.1) is 0 Å². The summed E-state index contributed by atoms with van der Waals surface area (Å²) in [5, 5.41) is 11.6. The van der Waals surface area contributed by atoms with E-state index in [-0.39, 0.29) is 0 Å². The molecule has 1 unspecified atom stereocenters. The Hall–Kier alpha value is -1.55. The van der Waals surface area contributed by atoms with Crippen molar-refractivity contribution >= 4 is 5.97 Å². The van der Waals surface area contributed by atoms with Crippen LogP contribution in [0.15, 0.2) is 12.1 Å². The molecular formula is C14H21NO3. The molecule has 18 heavy (non-hydrogen) atoms. The Bertz CT molecular complexity index is 429. The lowest BCUT2D eigenvalue weighted by Gasteiger charge is -2.15. The minimum Gasteiger partial charge on any atom is -0.493 e. The predicted octanol–water partition coefficient (Wildman–Crippen LogP) is 2.05. The number of nitrogens with one attached hydrogen (secondary N) is 1. The highest BCUT2D eigenvalue weighted by molar-refractivity contribution is 5.73. The number of hydrogen-bond acceptors (Lipinski definition) is 3. The van der Waals surface area contributed by atoms with Crippen LogP contribution in [-0.4, -0.2) is 30.8 Å². The number of likely N-dealkylation sites (N-methyl/N-ethyl adjacent to an activating group) is 1. The first-order valence-electron chi connectivity index (χ1n) is 6.06. The third-order valence-electron chi connectivity index (χ3n) is 3.07. The van der Waals surface area contributed by atoms with Crippen LogP contribution in [0.4, 0.5) is 0 Å². The first-order valence-corrected chi connectivity index (χ1v) is 6.06. The van der Waals surface area contributed by atoms with E-state index in [0.717, 1.165) is 16.9 Å². The van der Waals surface area contributed by atoms with E-state index in [1.165, 1.54) is 5.56 Å². The van der Waals surface area contributed by atoms with Gasteiger partial charge in [-0.25, -0.2) is 0 Å². The molecule has 0 spiro atoms. The van der Waals surface area contributed by atoms with Crippen molar-refractivity contribution in [3.63, 3.8) is 0 Å². The van der Waals surface area contributed by atoms with E-state index in [4.69, 9.17) is 9.84 Å². The molecule has 0 bridgehead atoms. The highest BCUT2D eigenvalue weighted by Crippen LogP contribution is 2.23. The Morgan fingerprint density at radius 3 is 2.61 bits per heavy atom. The van der Waals surface area contributed by atoms with Gasteiger partial charge in [0, 0.05) is 6.42 Å². The molecule has 1 aromatic carbocycles.